The normalized spacial score (nSPS) is 18.8. The number of aliphatic hydroxyl groups is 1. The van der Waals surface area contributed by atoms with E-state index in [-0.39, 0.29) is 40.6 Å². The minimum Gasteiger partial charge on any atom is -0.389 e. The van der Waals surface area contributed by atoms with Crippen molar-refractivity contribution in [3.63, 3.8) is 0 Å². The number of ether oxygens (including phenoxy) is 1. The van der Waals surface area contributed by atoms with Crippen LogP contribution in [0.15, 0.2) is 59.6 Å². The molecule has 4 rings (SSSR count). The molecular formula is C23H23F3N4O4S. The molecule has 1 fully saturated rings. The molecule has 1 aromatic carbocycles. The number of benzene rings is 1. The summed E-state index contributed by atoms with van der Waals surface area (Å²) in [5, 5.41) is 12.7. The van der Waals surface area contributed by atoms with Crippen LogP contribution in [0.3, 0.4) is 0 Å². The molecular weight excluding hydrogens is 485 g/mol. The first-order chi connectivity index (χ1) is 16.5. The van der Waals surface area contributed by atoms with Crippen LogP contribution in [0.5, 0.6) is 0 Å². The van der Waals surface area contributed by atoms with Gasteiger partial charge >= 0.3 is 6.18 Å². The van der Waals surface area contributed by atoms with Gasteiger partial charge in [0, 0.05) is 12.2 Å². The third kappa shape index (κ3) is 5.72. The Bertz CT molecular complexity index is 1320. The van der Waals surface area contributed by atoms with Crippen molar-refractivity contribution in [2.75, 3.05) is 23.3 Å². The van der Waals surface area contributed by atoms with Crippen molar-refractivity contribution < 1.29 is 31.4 Å². The second-order valence-electron chi connectivity index (χ2n) is 8.05. The lowest BCUT2D eigenvalue weighted by molar-refractivity contribution is -0.137. The molecule has 0 aliphatic carbocycles. The van der Waals surface area contributed by atoms with Crippen LogP contribution in [0.1, 0.15) is 17.5 Å². The Morgan fingerprint density at radius 3 is 2.51 bits per heavy atom. The van der Waals surface area contributed by atoms with E-state index in [0.717, 1.165) is 12.1 Å². The molecule has 1 aliphatic rings. The fraction of sp³-hybridized carbons (Fsp3) is 0.304. The summed E-state index contributed by atoms with van der Waals surface area (Å²) in [4.78, 5) is 8.11. The first-order valence-corrected chi connectivity index (χ1v) is 12.2. The van der Waals surface area contributed by atoms with Crippen molar-refractivity contribution in [3.05, 3.63) is 65.7 Å². The monoisotopic (exact) mass is 508 g/mol. The second-order valence-corrected chi connectivity index (χ2v) is 9.68. The highest BCUT2D eigenvalue weighted by Crippen LogP contribution is 2.38. The third-order valence-corrected chi connectivity index (χ3v) is 6.75. The Hall–Kier alpha value is -3.22. The van der Waals surface area contributed by atoms with Crippen molar-refractivity contribution >= 4 is 21.7 Å². The minimum absolute atomic E-state index is 0.153. The van der Waals surface area contributed by atoms with Crippen molar-refractivity contribution in [1.82, 2.24) is 9.97 Å². The molecule has 0 bridgehead atoms. The number of anilines is 2. The molecule has 12 heteroatoms. The maximum atomic E-state index is 13.6. The molecule has 0 amide bonds. The Kier molecular flexibility index (Phi) is 6.97. The zero-order valence-electron chi connectivity index (χ0n) is 18.6. The van der Waals surface area contributed by atoms with E-state index in [1.165, 1.54) is 18.2 Å². The van der Waals surface area contributed by atoms with Crippen LogP contribution in [0.4, 0.5) is 24.8 Å². The van der Waals surface area contributed by atoms with Crippen molar-refractivity contribution in [2.45, 2.75) is 36.7 Å². The van der Waals surface area contributed by atoms with Crippen LogP contribution in [-0.2, 0) is 20.9 Å². The molecule has 3 heterocycles. The van der Waals surface area contributed by atoms with Crippen LogP contribution in [0.2, 0.25) is 0 Å². The molecule has 3 N–H and O–H groups in total. The fourth-order valence-corrected chi connectivity index (χ4v) is 4.67. The number of halogens is 3. The van der Waals surface area contributed by atoms with Gasteiger partial charge in [-0.05, 0) is 43.2 Å². The summed E-state index contributed by atoms with van der Waals surface area (Å²) in [5.74, 6) is -0.0592. The minimum atomic E-state index is -4.68. The molecule has 8 nitrogen and oxygen atoms in total. The number of sulfonamides is 1. The number of hydrogen-bond donors (Lipinski definition) is 3. The summed E-state index contributed by atoms with van der Waals surface area (Å²) in [6.45, 7) is 2.24. The molecule has 2 aromatic heterocycles. The van der Waals surface area contributed by atoms with Crippen LogP contribution in [-0.4, -0.2) is 48.9 Å². The number of hydrogen-bond acceptors (Lipinski definition) is 7. The predicted octanol–water partition coefficient (Wildman–Crippen LogP) is 3.83. The number of aromatic nitrogens is 2. The molecule has 2 unspecified atom stereocenters. The van der Waals surface area contributed by atoms with Gasteiger partial charge in [-0.1, -0.05) is 30.3 Å². The molecule has 0 spiro atoms. The van der Waals surface area contributed by atoms with E-state index in [0.29, 0.717) is 18.6 Å². The van der Waals surface area contributed by atoms with Crippen molar-refractivity contribution in [1.29, 1.82) is 0 Å². The van der Waals surface area contributed by atoms with Gasteiger partial charge in [-0.25, -0.2) is 9.97 Å². The Morgan fingerprint density at radius 2 is 1.80 bits per heavy atom. The van der Waals surface area contributed by atoms with Gasteiger partial charge < -0.3 is 15.2 Å². The maximum Gasteiger partial charge on any atom is 0.418 e. The molecule has 1 saturated heterocycles. The van der Waals surface area contributed by atoms with Gasteiger partial charge in [0.25, 0.3) is 10.0 Å². The smallest absolute Gasteiger partial charge is 0.389 e. The van der Waals surface area contributed by atoms with Crippen molar-refractivity contribution in [2.24, 2.45) is 0 Å². The van der Waals surface area contributed by atoms with E-state index in [1.54, 1.807) is 31.2 Å². The van der Waals surface area contributed by atoms with Gasteiger partial charge in [0.2, 0.25) is 0 Å². The fourth-order valence-electron chi connectivity index (χ4n) is 3.70. The van der Waals surface area contributed by atoms with Crippen LogP contribution in [0, 0.1) is 6.92 Å². The lowest BCUT2D eigenvalue weighted by atomic mass is 10.0. The topological polar surface area (TPSA) is 113 Å². The van der Waals surface area contributed by atoms with Gasteiger partial charge in [-0.15, -0.1) is 0 Å². The van der Waals surface area contributed by atoms with E-state index < -0.39 is 27.9 Å². The maximum absolute atomic E-state index is 13.6. The highest BCUT2D eigenvalue weighted by atomic mass is 32.2. The van der Waals surface area contributed by atoms with E-state index in [2.05, 4.69) is 20.0 Å². The summed E-state index contributed by atoms with van der Waals surface area (Å²) in [7, 11) is -4.28. The SMILES string of the molecule is Cc1ccccc1-c1nc(NS(=O)(=O)c2cccc(NC3CCOCC3O)n2)ccc1C(F)(F)F. The molecule has 186 valence electrons. The largest absolute Gasteiger partial charge is 0.418 e. The van der Waals surface area contributed by atoms with Gasteiger partial charge in [0.05, 0.1) is 30.0 Å². The van der Waals surface area contributed by atoms with Gasteiger partial charge in [-0.2, -0.15) is 21.6 Å². The van der Waals surface area contributed by atoms with E-state index in [9.17, 15) is 26.7 Å². The Morgan fingerprint density at radius 1 is 1.03 bits per heavy atom. The molecule has 0 radical (unpaired) electrons. The number of pyridine rings is 2. The Balaban J connectivity index is 1.64. The summed E-state index contributed by atoms with van der Waals surface area (Å²) < 4.78 is 74.3. The summed E-state index contributed by atoms with van der Waals surface area (Å²) >= 11 is 0. The Labute approximate surface area is 200 Å². The number of aryl methyl sites for hydroxylation is 1. The predicted molar refractivity (Wildman–Crippen MR) is 123 cm³/mol. The standard InChI is InChI=1S/C23H23F3N4O4S/c1-14-5-2-3-6-15(14)22-16(23(24,25)26)9-10-20(29-22)30-35(32,33)21-8-4-7-19(28-21)27-17-11-12-34-13-18(17)31/h2-10,17-18,31H,11-13H2,1H3,(H,27,28)(H,29,30). The second kappa shape index (κ2) is 9.80. The third-order valence-electron chi connectivity index (χ3n) is 5.50. The quantitative estimate of drug-likeness (QED) is 0.464. The van der Waals surface area contributed by atoms with Crippen molar-refractivity contribution in [3.8, 4) is 11.3 Å². The van der Waals surface area contributed by atoms with Gasteiger partial charge in [0.15, 0.2) is 5.03 Å². The molecule has 1 aliphatic heterocycles. The first-order valence-electron chi connectivity index (χ1n) is 10.7. The van der Waals surface area contributed by atoms with Gasteiger partial charge in [-0.3, -0.25) is 4.72 Å². The number of nitrogens with one attached hydrogen (secondary N) is 2. The highest BCUT2D eigenvalue weighted by Gasteiger charge is 2.35. The average molecular weight is 509 g/mol. The summed E-state index contributed by atoms with van der Waals surface area (Å²) in [6, 6.07) is 12.1. The molecule has 35 heavy (non-hydrogen) atoms. The highest BCUT2D eigenvalue weighted by molar-refractivity contribution is 7.92. The summed E-state index contributed by atoms with van der Waals surface area (Å²) in [6.07, 6.45) is -4.95. The number of nitrogens with zero attached hydrogens (tertiary/aromatic N) is 2. The zero-order valence-corrected chi connectivity index (χ0v) is 19.4. The molecule has 2 atom stereocenters. The van der Waals surface area contributed by atoms with E-state index in [4.69, 9.17) is 4.74 Å². The van der Waals surface area contributed by atoms with Crippen LogP contribution < -0.4 is 10.0 Å². The summed E-state index contributed by atoms with van der Waals surface area (Å²) in [5.41, 5.74) is -0.566. The lowest BCUT2D eigenvalue weighted by Gasteiger charge is -2.28. The number of rotatable bonds is 6. The van der Waals surface area contributed by atoms with Gasteiger partial charge in [0.1, 0.15) is 11.6 Å². The molecule has 3 aromatic rings. The lowest BCUT2D eigenvalue weighted by Crippen LogP contribution is -2.42. The first kappa shape index (κ1) is 24.9. The molecule has 0 saturated carbocycles. The average Bonchev–Trinajstić information content (AvgIpc) is 2.80. The number of alkyl halides is 3. The van der Waals surface area contributed by atoms with E-state index in [1.807, 2.05) is 0 Å². The zero-order chi connectivity index (χ0) is 25.2. The van der Waals surface area contributed by atoms with E-state index >= 15 is 0 Å². The van der Waals surface area contributed by atoms with Crippen LogP contribution >= 0.6 is 0 Å². The van der Waals surface area contributed by atoms with Crippen LogP contribution in [0.25, 0.3) is 11.3 Å². The number of aliphatic hydroxyl groups excluding tert-OH is 1.